The molecule has 0 aliphatic heterocycles. The molecule has 5 nitrogen and oxygen atoms in total. The zero-order chi connectivity index (χ0) is 15.0. The van der Waals surface area contributed by atoms with E-state index in [0.717, 1.165) is 17.2 Å². The van der Waals surface area contributed by atoms with Crippen molar-refractivity contribution < 1.29 is 4.39 Å². The van der Waals surface area contributed by atoms with Gasteiger partial charge < -0.3 is 9.13 Å². The predicted octanol–water partition coefficient (Wildman–Crippen LogP) is 2.79. The summed E-state index contributed by atoms with van der Waals surface area (Å²) in [5.41, 5.74) is 1.31. The maximum Gasteiger partial charge on any atom is 0.152 e. The molecule has 3 rings (SSSR count). The molecule has 0 amide bonds. The quantitative estimate of drug-likeness (QED) is 0.692. The first-order chi connectivity index (χ1) is 10.1. The van der Waals surface area contributed by atoms with Crippen molar-refractivity contribution in [1.82, 2.24) is 24.3 Å². The van der Waals surface area contributed by atoms with Crippen molar-refractivity contribution in [2.75, 3.05) is 5.88 Å². The van der Waals surface area contributed by atoms with Crippen LogP contribution in [-0.2, 0) is 20.0 Å². The maximum absolute atomic E-state index is 13.6. The largest absolute Gasteiger partial charge is 0.320 e. The lowest BCUT2D eigenvalue weighted by Gasteiger charge is -2.08. The lowest BCUT2D eigenvalue weighted by atomic mass is 10.3. The van der Waals surface area contributed by atoms with Gasteiger partial charge in [0, 0.05) is 25.4 Å². The van der Waals surface area contributed by atoms with E-state index < -0.39 is 5.82 Å². The van der Waals surface area contributed by atoms with Crippen molar-refractivity contribution in [1.29, 1.82) is 0 Å². The molecule has 0 unspecified atom stereocenters. The Morgan fingerprint density at radius 2 is 2.10 bits per heavy atom. The lowest BCUT2D eigenvalue weighted by molar-refractivity contribution is 0.629. The third-order valence-electron chi connectivity index (χ3n) is 3.29. The van der Waals surface area contributed by atoms with Crippen molar-refractivity contribution >= 4 is 34.2 Å². The molecule has 8 heteroatoms. The molecular weight excluding hydrogens is 316 g/mol. The van der Waals surface area contributed by atoms with Crippen LogP contribution in [0, 0.1) is 5.82 Å². The van der Waals surface area contributed by atoms with Gasteiger partial charge in [-0.25, -0.2) is 9.37 Å². The summed E-state index contributed by atoms with van der Waals surface area (Å²) in [5.74, 6) is 1.48. The van der Waals surface area contributed by atoms with Crippen LogP contribution >= 0.6 is 23.2 Å². The average molecular weight is 328 g/mol. The van der Waals surface area contributed by atoms with Crippen LogP contribution in [0.4, 0.5) is 4.39 Å². The molecule has 2 heterocycles. The van der Waals surface area contributed by atoms with Crippen molar-refractivity contribution in [2.24, 2.45) is 7.05 Å². The summed E-state index contributed by atoms with van der Waals surface area (Å²) < 4.78 is 17.3. The van der Waals surface area contributed by atoms with E-state index in [-0.39, 0.29) is 5.02 Å². The normalized spacial score (nSPS) is 11.4. The first-order valence-corrected chi connectivity index (χ1v) is 7.24. The van der Waals surface area contributed by atoms with E-state index in [0.29, 0.717) is 24.4 Å². The van der Waals surface area contributed by atoms with Crippen LogP contribution in [0.25, 0.3) is 11.0 Å². The Morgan fingerprint density at radius 1 is 1.29 bits per heavy atom. The van der Waals surface area contributed by atoms with Crippen LogP contribution in [-0.4, -0.2) is 30.2 Å². The van der Waals surface area contributed by atoms with Gasteiger partial charge in [-0.1, -0.05) is 11.6 Å². The summed E-state index contributed by atoms with van der Waals surface area (Å²) >= 11 is 11.7. The molecule has 2 aromatic heterocycles. The summed E-state index contributed by atoms with van der Waals surface area (Å²) in [6, 6.07) is 2.91. The highest BCUT2D eigenvalue weighted by atomic mass is 35.5. The smallest absolute Gasteiger partial charge is 0.152 e. The molecule has 0 N–H and O–H groups in total. The fourth-order valence-corrected chi connectivity index (χ4v) is 2.54. The summed E-state index contributed by atoms with van der Waals surface area (Å²) in [5, 5.41) is 7.99. The van der Waals surface area contributed by atoms with Crippen LogP contribution in [0.15, 0.2) is 18.5 Å². The maximum atomic E-state index is 13.6. The molecule has 0 aliphatic rings. The first-order valence-electron chi connectivity index (χ1n) is 6.33. The van der Waals surface area contributed by atoms with Crippen LogP contribution in [0.1, 0.15) is 11.6 Å². The number of imidazole rings is 1. The number of alkyl halides is 1. The van der Waals surface area contributed by atoms with Gasteiger partial charge in [-0.3, -0.25) is 0 Å². The first kappa shape index (κ1) is 14.3. The third-order valence-corrected chi connectivity index (χ3v) is 3.77. The van der Waals surface area contributed by atoms with Gasteiger partial charge in [0.05, 0.1) is 22.6 Å². The van der Waals surface area contributed by atoms with E-state index in [1.807, 2.05) is 16.2 Å². The number of hydrogen-bond donors (Lipinski definition) is 0. The highest BCUT2D eigenvalue weighted by Crippen LogP contribution is 2.24. The summed E-state index contributed by atoms with van der Waals surface area (Å²) in [6.45, 7) is 0.473. The van der Waals surface area contributed by atoms with E-state index in [2.05, 4.69) is 15.2 Å². The molecule has 0 saturated heterocycles. The van der Waals surface area contributed by atoms with E-state index in [1.165, 1.54) is 6.07 Å². The average Bonchev–Trinajstić information content (AvgIpc) is 2.98. The minimum Gasteiger partial charge on any atom is -0.320 e. The zero-order valence-electron chi connectivity index (χ0n) is 11.2. The standard InChI is InChI=1S/C13H12Cl2FN5/c1-20-7-17-19-13(20)6-21-11-4-8(15)9(16)5-10(11)18-12(21)2-3-14/h4-5,7H,2-3,6H2,1H3. The number of benzene rings is 1. The monoisotopic (exact) mass is 327 g/mol. The molecule has 21 heavy (non-hydrogen) atoms. The number of hydrogen-bond acceptors (Lipinski definition) is 3. The molecule has 0 spiro atoms. The molecule has 3 aromatic rings. The summed E-state index contributed by atoms with van der Waals surface area (Å²) in [7, 11) is 1.86. The second-order valence-corrected chi connectivity index (χ2v) is 5.45. The van der Waals surface area contributed by atoms with E-state index in [4.69, 9.17) is 23.2 Å². The molecule has 0 radical (unpaired) electrons. The van der Waals surface area contributed by atoms with Gasteiger partial charge in [-0.05, 0) is 6.07 Å². The van der Waals surface area contributed by atoms with Gasteiger partial charge in [0.2, 0.25) is 0 Å². The highest BCUT2D eigenvalue weighted by Gasteiger charge is 2.15. The van der Waals surface area contributed by atoms with Crippen LogP contribution in [0.2, 0.25) is 5.02 Å². The molecule has 0 aliphatic carbocycles. The van der Waals surface area contributed by atoms with E-state index in [1.54, 1.807) is 12.4 Å². The van der Waals surface area contributed by atoms with Gasteiger partial charge in [-0.2, -0.15) is 0 Å². The number of halogens is 3. The van der Waals surface area contributed by atoms with E-state index >= 15 is 0 Å². The van der Waals surface area contributed by atoms with Crippen molar-refractivity contribution in [3.63, 3.8) is 0 Å². The summed E-state index contributed by atoms with van der Waals surface area (Å²) in [4.78, 5) is 4.44. The molecule has 110 valence electrons. The minimum absolute atomic E-state index is 0.0686. The Hall–Kier alpha value is -1.66. The van der Waals surface area contributed by atoms with Gasteiger partial charge in [0.25, 0.3) is 0 Å². The Kier molecular flexibility index (Phi) is 3.82. The molecule has 0 bridgehead atoms. The Bertz CT molecular complexity index is 795. The number of rotatable bonds is 4. The molecule has 0 fully saturated rings. The number of aryl methyl sites for hydroxylation is 2. The molecular formula is C13H12Cl2FN5. The Morgan fingerprint density at radius 3 is 2.76 bits per heavy atom. The Labute approximate surface area is 130 Å². The topological polar surface area (TPSA) is 48.5 Å². The highest BCUT2D eigenvalue weighted by molar-refractivity contribution is 6.31. The molecule has 0 atom stereocenters. The van der Waals surface area contributed by atoms with Crippen LogP contribution in [0.5, 0.6) is 0 Å². The van der Waals surface area contributed by atoms with E-state index in [9.17, 15) is 4.39 Å². The second-order valence-electron chi connectivity index (χ2n) is 4.67. The van der Waals surface area contributed by atoms with Gasteiger partial charge in [0.15, 0.2) is 5.82 Å². The predicted molar refractivity (Wildman–Crippen MR) is 79.2 cm³/mol. The Balaban J connectivity index is 2.15. The number of fused-ring (bicyclic) bond motifs is 1. The van der Waals surface area contributed by atoms with Crippen molar-refractivity contribution in [2.45, 2.75) is 13.0 Å². The third kappa shape index (κ3) is 2.61. The van der Waals surface area contributed by atoms with Crippen molar-refractivity contribution in [3.8, 4) is 0 Å². The molecule has 0 saturated carbocycles. The fraction of sp³-hybridized carbons (Fsp3) is 0.308. The van der Waals surface area contributed by atoms with Gasteiger partial charge in [-0.15, -0.1) is 21.8 Å². The van der Waals surface area contributed by atoms with Crippen molar-refractivity contribution in [3.05, 3.63) is 40.9 Å². The van der Waals surface area contributed by atoms with Gasteiger partial charge in [0.1, 0.15) is 18.0 Å². The van der Waals surface area contributed by atoms with Gasteiger partial charge >= 0.3 is 0 Å². The van der Waals surface area contributed by atoms with Crippen LogP contribution in [0.3, 0.4) is 0 Å². The number of aromatic nitrogens is 5. The minimum atomic E-state index is -0.482. The van der Waals surface area contributed by atoms with Crippen LogP contribution < -0.4 is 0 Å². The fourth-order valence-electron chi connectivity index (χ4n) is 2.21. The second kappa shape index (κ2) is 5.61. The summed E-state index contributed by atoms with van der Waals surface area (Å²) in [6.07, 6.45) is 2.20. The SMILES string of the molecule is Cn1cnnc1Cn1c(CCCl)nc2cc(F)c(Cl)cc21. The lowest BCUT2D eigenvalue weighted by Crippen LogP contribution is -2.09. The zero-order valence-corrected chi connectivity index (χ0v) is 12.7. The number of nitrogens with zero attached hydrogens (tertiary/aromatic N) is 5. The molecule has 1 aromatic carbocycles.